The number of carbonyl (C=O) groups is 1. The Morgan fingerprint density at radius 1 is 1.24 bits per heavy atom. The van der Waals surface area contributed by atoms with Crippen molar-refractivity contribution in [2.45, 2.75) is 13.3 Å². The smallest absolute Gasteiger partial charge is 0.272 e. The van der Waals surface area contributed by atoms with Gasteiger partial charge in [-0.3, -0.25) is 4.79 Å². The summed E-state index contributed by atoms with van der Waals surface area (Å²) in [5, 5.41) is 3.16. The van der Waals surface area contributed by atoms with E-state index in [4.69, 9.17) is 9.47 Å². The zero-order valence-corrected chi connectivity index (χ0v) is 13.1. The van der Waals surface area contributed by atoms with E-state index < -0.39 is 0 Å². The fraction of sp³-hybridized carbons (Fsp3) is 0.600. The summed E-state index contributed by atoms with van der Waals surface area (Å²) in [6.45, 7) is 5.16. The average Bonchev–Trinajstić information content (AvgIpc) is 2.51. The average molecular weight is 295 g/mol. The van der Waals surface area contributed by atoms with Crippen molar-refractivity contribution < 1.29 is 14.3 Å². The van der Waals surface area contributed by atoms with E-state index in [1.165, 1.54) is 0 Å². The van der Waals surface area contributed by atoms with E-state index in [1.54, 1.807) is 31.4 Å². The molecular weight excluding hydrogens is 270 g/mol. The topological polar surface area (TPSA) is 63.7 Å². The summed E-state index contributed by atoms with van der Waals surface area (Å²) < 4.78 is 10.1. The molecule has 1 amide bonds. The molecule has 0 atom stereocenters. The zero-order valence-electron chi connectivity index (χ0n) is 13.1. The van der Waals surface area contributed by atoms with Crippen LogP contribution in [0.3, 0.4) is 0 Å². The standard InChI is InChI=1S/C15H25N3O3/c1-4-16-13-6-7-14(17-12-13)15(19)18(9-11-21-3)8-5-10-20-2/h6-7,12,16H,4-5,8-11H2,1-3H3. The lowest BCUT2D eigenvalue weighted by Crippen LogP contribution is -2.35. The second-order valence-electron chi connectivity index (χ2n) is 4.59. The Morgan fingerprint density at radius 3 is 2.57 bits per heavy atom. The van der Waals surface area contributed by atoms with Crippen molar-refractivity contribution in [2.24, 2.45) is 0 Å². The summed E-state index contributed by atoms with van der Waals surface area (Å²) in [5.74, 6) is -0.0776. The van der Waals surface area contributed by atoms with E-state index >= 15 is 0 Å². The van der Waals surface area contributed by atoms with Crippen LogP contribution < -0.4 is 5.32 Å². The molecule has 0 bridgehead atoms. The van der Waals surface area contributed by atoms with Crippen LogP contribution in [0.4, 0.5) is 5.69 Å². The molecule has 1 heterocycles. The van der Waals surface area contributed by atoms with Gasteiger partial charge < -0.3 is 19.7 Å². The van der Waals surface area contributed by atoms with Crippen LogP contribution in [0.1, 0.15) is 23.8 Å². The monoisotopic (exact) mass is 295 g/mol. The van der Waals surface area contributed by atoms with Gasteiger partial charge in [0, 0.05) is 40.5 Å². The highest BCUT2D eigenvalue weighted by atomic mass is 16.5. The van der Waals surface area contributed by atoms with Crippen molar-refractivity contribution in [3.05, 3.63) is 24.0 Å². The number of nitrogens with zero attached hydrogens (tertiary/aromatic N) is 2. The van der Waals surface area contributed by atoms with Gasteiger partial charge in [0.15, 0.2) is 0 Å². The maximum atomic E-state index is 12.5. The van der Waals surface area contributed by atoms with E-state index in [-0.39, 0.29) is 5.91 Å². The quantitative estimate of drug-likeness (QED) is 0.665. The number of rotatable bonds is 10. The van der Waals surface area contributed by atoms with E-state index in [0.717, 1.165) is 18.7 Å². The van der Waals surface area contributed by atoms with Gasteiger partial charge in [-0.1, -0.05) is 0 Å². The minimum Gasteiger partial charge on any atom is -0.385 e. The predicted octanol–water partition coefficient (Wildman–Crippen LogP) is 1.64. The molecule has 1 aromatic heterocycles. The SMILES string of the molecule is CCNc1ccc(C(=O)N(CCCOC)CCOC)nc1. The Hall–Kier alpha value is -1.66. The summed E-state index contributed by atoms with van der Waals surface area (Å²) >= 11 is 0. The van der Waals surface area contributed by atoms with Gasteiger partial charge in [0.1, 0.15) is 5.69 Å². The summed E-state index contributed by atoms with van der Waals surface area (Å²) in [6.07, 6.45) is 2.47. The maximum Gasteiger partial charge on any atom is 0.272 e. The number of amides is 1. The van der Waals surface area contributed by atoms with Crippen molar-refractivity contribution in [1.82, 2.24) is 9.88 Å². The second kappa shape index (κ2) is 10.1. The number of carbonyl (C=O) groups excluding carboxylic acids is 1. The van der Waals surface area contributed by atoms with Crippen LogP contribution in [0.15, 0.2) is 18.3 Å². The normalized spacial score (nSPS) is 10.4. The molecule has 0 radical (unpaired) electrons. The van der Waals surface area contributed by atoms with Crippen LogP contribution in [0.25, 0.3) is 0 Å². The number of pyridine rings is 1. The van der Waals surface area contributed by atoms with Gasteiger partial charge in [0.05, 0.1) is 18.5 Å². The number of hydrogen-bond acceptors (Lipinski definition) is 5. The Morgan fingerprint density at radius 2 is 2.00 bits per heavy atom. The lowest BCUT2D eigenvalue weighted by molar-refractivity contribution is 0.0668. The number of aromatic nitrogens is 1. The van der Waals surface area contributed by atoms with Crippen molar-refractivity contribution >= 4 is 11.6 Å². The molecule has 0 spiro atoms. The van der Waals surface area contributed by atoms with Crippen molar-refractivity contribution in [2.75, 3.05) is 52.4 Å². The molecule has 1 rings (SSSR count). The minimum absolute atomic E-state index is 0.0776. The Kier molecular flexibility index (Phi) is 8.38. The largest absolute Gasteiger partial charge is 0.385 e. The second-order valence-corrected chi connectivity index (χ2v) is 4.59. The first-order valence-electron chi connectivity index (χ1n) is 7.20. The van der Waals surface area contributed by atoms with E-state index in [0.29, 0.717) is 32.0 Å². The highest BCUT2D eigenvalue weighted by Crippen LogP contribution is 2.08. The molecule has 0 aromatic carbocycles. The third-order valence-electron chi connectivity index (χ3n) is 2.99. The van der Waals surface area contributed by atoms with Gasteiger partial charge in [-0.2, -0.15) is 0 Å². The summed E-state index contributed by atoms with van der Waals surface area (Å²) in [4.78, 5) is 18.4. The van der Waals surface area contributed by atoms with E-state index in [2.05, 4.69) is 10.3 Å². The molecule has 1 aromatic rings. The molecule has 6 nitrogen and oxygen atoms in total. The van der Waals surface area contributed by atoms with Crippen LogP contribution in [0.2, 0.25) is 0 Å². The maximum absolute atomic E-state index is 12.5. The number of nitrogens with one attached hydrogen (secondary N) is 1. The fourth-order valence-corrected chi connectivity index (χ4v) is 1.91. The van der Waals surface area contributed by atoms with Crippen LogP contribution in [-0.2, 0) is 9.47 Å². The van der Waals surface area contributed by atoms with Crippen LogP contribution in [0.5, 0.6) is 0 Å². The van der Waals surface area contributed by atoms with Gasteiger partial charge in [-0.15, -0.1) is 0 Å². The summed E-state index contributed by atoms with van der Waals surface area (Å²) in [6, 6.07) is 3.61. The van der Waals surface area contributed by atoms with Crippen molar-refractivity contribution in [1.29, 1.82) is 0 Å². The van der Waals surface area contributed by atoms with Crippen molar-refractivity contribution in [3.63, 3.8) is 0 Å². The first-order chi connectivity index (χ1) is 10.2. The number of ether oxygens (including phenoxy) is 2. The number of anilines is 1. The van der Waals surface area contributed by atoms with Gasteiger partial charge in [-0.05, 0) is 25.5 Å². The molecule has 0 saturated heterocycles. The van der Waals surface area contributed by atoms with Crippen LogP contribution >= 0.6 is 0 Å². The molecule has 6 heteroatoms. The highest BCUT2D eigenvalue weighted by Gasteiger charge is 2.16. The summed E-state index contributed by atoms with van der Waals surface area (Å²) in [7, 11) is 3.28. The molecule has 1 N–H and O–H groups in total. The first kappa shape index (κ1) is 17.4. The molecule has 21 heavy (non-hydrogen) atoms. The Labute approximate surface area is 126 Å². The molecule has 0 aliphatic carbocycles. The van der Waals surface area contributed by atoms with Crippen LogP contribution in [0, 0.1) is 0 Å². The lowest BCUT2D eigenvalue weighted by Gasteiger charge is -2.22. The van der Waals surface area contributed by atoms with Crippen molar-refractivity contribution in [3.8, 4) is 0 Å². The molecule has 0 unspecified atom stereocenters. The molecule has 0 aliphatic rings. The zero-order chi connectivity index (χ0) is 15.5. The van der Waals surface area contributed by atoms with Gasteiger partial charge >= 0.3 is 0 Å². The Bertz CT molecular complexity index is 409. The summed E-state index contributed by atoms with van der Waals surface area (Å²) in [5.41, 5.74) is 1.36. The first-order valence-corrected chi connectivity index (χ1v) is 7.20. The molecule has 0 aliphatic heterocycles. The minimum atomic E-state index is -0.0776. The molecule has 118 valence electrons. The fourth-order valence-electron chi connectivity index (χ4n) is 1.91. The van der Waals surface area contributed by atoms with Crippen LogP contribution in [-0.4, -0.2) is 62.9 Å². The number of hydrogen-bond donors (Lipinski definition) is 1. The molecule has 0 saturated carbocycles. The van der Waals surface area contributed by atoms with E-state index in [9.17, 15) is 4.79 Å². The molecule has 0 fully saturated rings. The third kappa shape index (κ3) is 6.10. The Balaban J connectivity index is 2.68. The third-order valence-corrected chi connectivity index (χ3v) is 2.99. The van der Waals surface area contributed by atoms with Gasteiger partial charge in [0.2, 0.25) is 0 Å². The lowest BCUT2D eigenvalue weighted by atomic mass is 10.2. The van der Waals surface area contributed by atoms with Gasteiger partial charge in [0.25, 0.3) is 5.91 Å². The number of methoxy groups -OCH3 is 2. The van der Waals surface area contributed by atoms with Gasteiger partial charge in [-0.25, -0.2) is 4.98 Å². The predicted molar refractivity (Wildman–Crippen MR) is 82.7 cm³/mol. The van der Waals surface area contributed by atoms with E-state index in [1.807, 2.05) is 13.0 Å². The molecular formula is C15H25N3O3. The highest BCUT2D eigenvalue weighted by molar-refractivity contribution is 5.92.